The van der Waals surface area contributed by atoms with E-state index in [1.807, 2.05) is 0 Å². The van der Waals surface area contributed by atoms with E-state index in [1.165, 1.54) is 16.9 Å². The Morgan fingerprint density at radius 2 is 2.26 bits per heavy atom. The molecule has 0 radical (unpaired) electrons. The number of fused-ring (bicyclic) bond motifs is 3. The molecule has 7 heteroatoms. The quantitative estimate of drug-likeness (QED) is 0.812. The average Bonchev–Trinajstić information content (AvgIpc) is 2.93. The Morgan fingerprint density at radius 1 is 1.43 bits per heavy atom. The minimum Gasteiger partial charge on any atom is -0.383 e. The predicted octanol–water partition coefficient (Wildman–Crippen LogP) is 1.49. The van der Waals surface area contributed by atoms with Crippen LogP contribution in [0.3, 0.4) is 0 Å². The van der Waals surface area contributed by atoms with Crippen molar-refractivity contribution in [1.29, 1.82) is 0 Å². The van der Waals surface area contributed by atoms with Gasteiger partial charge >= 0.3 is 0 Å². The number of hydrogen-bond donors (Lipinski definition) is 1. The molecule has 0 bridgehead atoms. The Bertz CT molecular complexity index is 766. The van der Waals surface area contributed by atoms with Gasteiger partial charge in [-0.25, -0.2) is 4.98 Å². The Morgan fingerprint density at radius 3 is 3.09 bits per heavy atom. The summed E-state index contributed by atoms with van der Waals surface area (Å²) in [6, 6.07) is 0. The number of aromatic nitrogens is 2. The largest absolute Gasteiger partial charge is 0.383 e. The van der Waals surface area contributed by atoms with Crippen LogP contribution in [-0.2, 0) is 28.9 Å². The normalized spacial score (nSPS) is 14.0. The highest BCUT2D eigenvalue weighted by Gasteiger charge is 2.19. The van der Waals surface area contributed by atoms with Crippen LogP contribution in [0.4, 0.5) is 0 Å². The second-order valence-corrected chi connectivity index (χ2v) is 6.81. The molecular formula is C16H21N3O3S. The maximum Gasteiger partial charge on any atom is 0.262 e. The summed E-state index contributed by atoms with van der Waals surface area (Å²) in [5.74, 6) is -0.0820. The summed E-state index contributed by atoms with van der Waals surface area (Å²) in [6.45, 7) is 1.32. The number of methoxy groups -OCH3 is 1. The molecule has 2 heterocycles. The van der Waals surface area contributed by atoms with Crippen molar-refractivity contribution in [2.24, 2.45) is 0 Å². The minimum absolute atomic E-state index is 0.0147. The molecule has 2 aromatic rings. The van der Waals surface area contributed by atoms with E-state index >= 15 is 0 Å². The first-order valence-corrected chi connectivity index (χ1v) is 8.77. The first kappa shape index (κ1) is 16.1. The number of aryl methyl sites for hydroxylation is 3. The molecule has 0 saturated heterocycles. The lowest BCUT2D eigenvalue weighted by Crippen LogP contribution is -2.29. The number of amides is 1. The van der Waals surface area contributed by atoms with Crippen molar-refractivity contribution in [3.63, 3.8) is 0 Å². The van der Waals surface area contributed by atoms with Crippen molar-refractivity contribution in [2.75, 3.05) is 20.3 Å². The fourth-order valence-electron chi connectivity index (χ4n) is 2.94. The number of ether oxygens (including phenoxy) is 1. The number of carbonyl (C=O) groups excluding carboxylic acids is 1. The zero-order valence-electron chi connectivity index (χ0n) is 13.3. The molecule has 0 saturated carbocycles. The Kier molecular flexibility index (Phi) is 5.07. The van der Waals surface area contributed by atoms with Crippen LogP contribution in [0, 0.1) is 0 Å². The fourth-order valence-corrected chi connectivity index (χ4v) is 4.16. The smallest absolute Gasteiger partial charge is 0.262 e. The zero-order valence-corrected chi connectivity index (χ0v) is 14.1. The van der Waals surface area contributed by atoms with Crippen LogP contribution in [0.5, 0.6) is 0 Å². The van der Waals surface area contributed by atoms with Crippen LogP contribution >= 0.6 is 11.3 Å². The van der Waals surface area contributed by atoms with E-state index in [0.717, 1.165) is 29.5 Å². The van der Waals surface area contributed by atoms with Crippen LogP contribution in [-0.4, -0.2) is 35.7 Å². The number of carbonyl (C=O) groups is 1. The van der Waals surface area contributed by atoms with Crippen molar-refractivity contribution in [1.82, 2.24) is 14.9 Å². The van der Waals surface area contributed by atoms with E-state index in [-0.39, 0.29) is 17.9 Å². The van der Waals surface area contributed by atoms with Gasteiger partial charge in [-0.2, -0.15) is 0 Å². The van der Waals surface area contributed by atoms with Crippen LogP contribution in [0.2, 0.25) is 0 Å². The maximum atomic E-state index is 12.7. The highest BCUT2D eigenvalue weighted by molar-refractivity contribution is 7.18. The molecule has 0 spiro atoms. The molecule has 0 unspecified atom stereocenters. The Balaban J connectivity index is 1.76. The van der Waals surface area contributed by atoms with Crippen LogP contribution in [0.1, 0.15) is 29.7 Å². The van der Waals surface area contributed by atoms with Gasteiger partial charge in [0.2, 0.25) is 5.91 Å². The van der Waals surface area contributed by atoms with Crippen LogP contribution in [0.15, 0.2) is 11.1 Å². The fraction of sp³-hybridized carbons (Fsp3) is 0.562. The first-order chi connectivity index (χ1) is 11.2. The van der Waals surface area contributed by atoms with Gasteiger partial charge in [0.1, 0.15) is 4.83 Å². The highest BCUT2D eigenvalue weighted by Crippen LogP contribution is 2.33. The standard InChI is InChI=1S/C16H21N3O3S/c1-22-9-7-17-13(20)6-8-19-10-18-15-14(16(19)21)11-4-2-3-5-12(11)23-15/h10H,2-9H2,1H3,(H,17,20). The van der Waals surface area contributed by atoms with E-state index in [0.29, 0.717) is 19.7 Å². The van der Waals surface area contributed by atoms with Crippen molar-refractivity contribution in [3.8, 4) is 0 Å². The second-order valence-electron chi connectivity index (χ2n) is 5.73. The van der Waals surface area contributed by atoms with Gasteiger partial charge in [-0.05, 0) is 31.2 Å². The molecule has 2 aromatic heterocycles. The van der Waals surface area contributed by atoms with Gasteiger partial charge in [0.15, 0.2) is 0 Å². The Labute approximate surface area is 138 Å². The predicted molar refractivity (Wildman–Crippen MR) is 90.0 cm³/mol. The average molecular weight is 335 g/mol. The summed E-state index contributed by atoms with van der Waals surface area (Å²) in [4.78, 5) is 31.0. The molecule has 0 fully saturated rings. The third kappa shape index (κ3) is 3.45. The molecule has 0 aliphatic heterocycles. The summed E-state index contributed by atoms with van der Waals surface area (Å²) < 4.78 is 6.44. The van der Waals surface area contributed by atoms with Gasteiger partial charge in [0.25, 0.3) is 5.56 Å². The molecule has 0 aromatic carbocycles. The number of thiophene rings is 1. The lowest BCUT2D eigenvalue weighted by molar-refractivity contribution is -0.121. The number of rotatable bonds is 6. The van der Waals surface area contributed by atoms with Crippen molar-refractivity contribution >= 4 is 27.5 Å². The van der Waals surface area contributed by atoms with Crippen molar-refractivity contribution in [2.45, 2.75) is 38.6 Å². The van der Waals surface area contributed by atoms with Gasteiger partial charge < -0.3 is 10.1 Å². The highest BCUT2D eigenvalue weighted by atomic mass is 32.1. The van der Waals surface area contributed by atoms with E-state index in [4.69, 9.17) is 4.74 Å². The topological polar surface area (TPSA) is 73.2 Å². The molecule has 1 amide bonds. The SMILES string of the molecule is COCCNC(=O)CCn1cnc2sc3c(c2c1=O)CCCC3. The van der Waals surface area contributed by atoms with Gasteiger partial charge in [-0.1, -0.05) is 0 Å². The van der Waals surface area contributed by atoms with Gasteiger partial charge in [-0.15, -0.1) is 11.3 Å². The first-order valence-electron chi connectivity index (χ1n) is 7.96. The van der Waals surface area contributed by atoms with Crippen molar-refractivity contribution < 1.29 is 9.53 Å². The van der Waals surface area contributed by atoms with Gasteiger partial charge in [0, 0.05) is 31.5 Å². The molecule has 1 N–H and O–H groups in total. The summed E-state index contributed by atoms with van der Waals surface area (Å²) in [7, 11) is 1.59. The summed E-state index contributed by atoms with van der Waals surface area (Å²) in [6.07, 6.45) is 6.17. The maximum absolute atomic E-state index is 12.7. The third-order valence-electron chi connectivity index (χ3n) is 4.15. The van der Waals surface area contributed by atoms with E-state index in [2.05, 4.69) is 10.3 Å². The third-order valence-corrected chi connectivity index (χ3v) is 5.35. The second kappa shape index (κ2) is 7.23. The summed E-state index contributed by atoms with van der Waals surface area (Å²) >= 11 is 1.64. The molecule has 1 aliphatic carbocycles. The van der Waals surface area contributed by atoms with E-state index < -0.39 is 0 Å². The van der Waals surface area contributed by atoms with Crippen LogP contribution in [0.25, 0.3) is 10.2 Å². The number of hydrogen-bond acceptors (Lipinski definition) is 5. The minimum atomic E-state index is -0.0820. The summed E-state index contributed by atoms with van der Waals surface area (Å²) in [5.41, 5.74) is 1.17. The lowest BCUT2D eigenvalue weighted by Gasteiger charge is -2.10. The zero-order chi connectivity index (χ0) is 16.2. The monoisotopic (exact) mass is 335 g/mol. The molecule has 23 heavy (non-hydrogen) atoms. The van der Waals surface area contributed by atoms with E-state index in [9.17, 15) is 9.59 Å². The molecular weight excluding hydrogens is 314 g/mol. The van der Waals surface area contributed by atoms with Gasteiger partial charge in [-0.3, -0.25) is 14.2 Å². The number of nitrogens with one attached hydrogen (secondary N) is 1. The number of nitrogens with zero attached hydrogens (tertiary/aromatic N) is 2. The lowest BCUT2D eigenvalue weighted by atomic mass is 9.97. The molecule has 3 rings (SSSR count). The van der Waals surface area contributed by atoms with Gasteiger partial charge in [0.05, 0.1) is 18.3 Å². The van der Waals surface area contributed by atoms with Crippen molar-refractivity contribution in [3.05, 3.63) is 27.1 Å². The van der Waals surface area contributed by atoms with Crippen LogP contribution < -0.4 is 10.9 Å². The molecule has 6 nitrogen and oxygen atoms in total. The molecule has 0 atom stereocenters. The van der Waals surface area contributed by atoms with E-state index in [1.54, 1.807) is 29.3 Å². The Hall–Kier alpha value is -1.73. The molecule has 1 aliphatic rings. The summed E-state index contributed by atoms with van der Waals surface area (Å²) in [5, 5.41) is 3.53. The molecule has 124 valence electrons.